The van der Waals surface area contributed by atoms with Gasteiger partial charge in [-0.3, -0.25) is 9.55 Å². The minimum Gasteiger partial charge on any atom is -0.508 e. The molecule has 0 aliphatic carbocycles. The molecule has 3 rings (SSSR count). The van der Waals surface area contributed by atoms with E-state index >= 15 is 0 Å². The summed E-state index contributed by atoms with van der Waals surface area (Å²) in [6.45, 7) is 5.47. The number of carbonyl (C=O) groups is 1. The van der Waals surface area contributed by atoms with Crippen molar-refractivity contribution in [2.24, 2.45) is 0 Å². The van der Waals surface area contributed by atoms with Crippen molar-refractivity contribution in [2.45, 2.75) is 26.4 Å². The summed E-state index contributed by atoms with van der Waals surface area (Å²) in [5.41, 5.74) is 2.29. The number of aromatic nitrogens is 2. The number of benzene rings is 1. The van der Waals surface area contributed by atoms with E-state index in [1.807, 2.05) is 32.9 Å². The largest absolute Gasteiger partial charge is 0.508 e. The molecule has 3 aromatic rings. The average molecular weight is 366 g/mol. The van der Waals surface area contributed by atoms with Crippen LogP contribution >= 0.6 is 0 Å². The zero-order valence-corrected chi connectivity index (χ0v) is 15.8. The summed E-state index contributed by atoms with van der Waals surface area (Å²) in [6, 6.07) is 10.4. The first-order valence-electron chi connectivity index (χ1n) is 8.52. The molecule has 0 spiro atoms. The Kier molecular flexibility index (Phi) is 4.90. The summed E-state index contributed by atoms with van der Waals surface area (Å²) >= 11 is 0. The van der Waals surface area contributed by atoms with E-state index in [1.165, 1.54) is 4.57 Å². The molecule has 2 heterocycles. The number of rotatable bonds is 3. The summed E-state index contributed by atoms with van der Waals surface area (Å²) in [5, 5.41) is 9.83. The topological polar surface area (TPSA) is 73.6 Å². The number of pyridine rings is 1. The second-order valence-electron chi connectivity index (χ2n) is 7.09. The fraction of sp³-hybridized carbons (Fsp3) is 0.238. The first-order valence-corrected chi connectivity index (χ1v) is 8.52. The van der Waals surface area contributed by atoms with Gasteiger partial charge in [0, 0.05) is 35.3 Å². The molecule has 0 radical (unpaired) electrons. The maximum atomic E-state index is 12.5. The first-order chi connectivity index (χ1) is 12.8. The summed E-state index contributed by atoms with van der Waals surface area (Å²) < 4.78 is 12.3. The smallest absolute Gasteiger partial charge is 0.418 e. The van der Waals surface area contributed by atoms with Gasteiger partial charge in [0.15, 0.2) is 0 Å². The number of aromatic hydroxyl groups is 1. The van der Waals surface area contributed by atoms with E-state index in [2.05, 4.69) is 4.98 Å². The van der Waals surface area contributed by atoms with Crippen LogP contribution in [0.2, 0.25) is 0 Å². The van der Waals surface area contributed by atoms with Crippen LogP contribution in [0, 0.1) is 0 Å². The van der Waals surface area contributed by atoms with Crippen LogP contribution in [0.5, 0.6) is 11.5 Å². The third-order valence-electron chi connectivity index (χ3n) is 3.87. The number of ether oxygens (including phenoxy) is 2. The Balaban J connectivity index is 2.02. The molecule has 6 heteroatoms. The maximum Gasteiger partial charge on any atom is 0.418 e. The quantitative estimate of drug-likeness (QED) is 0.726. The monoisotopic (exact) mass is 366 g/mol. The molecule has 2 aromatic heterocycles. The predicted molar refractivity (Wildman–Crippen MR) is 103 cm³/mol. The van der Waals surface area contributed by atoms with Gasteiger partial charge in [0.2, 0.25) is 0 Å². The predicted octanol–water partition coefficient (Wildman–Crippen LogP) is 4.71. The normalized spacial score (nSPS) is 11.3. The Bertz CT molecular complexity index is 970. The van der Waals surface area contributed by atoms with E-state index < -0.39 is 11.7 Å². The number of nitrogens with zero attached hydrogens (tertiary/aromatic N) is 2. The zero-order chi connectivity index (χ0) is 19.6. The Labute approximate surface area is 158 Å². The molecule has 1 N–H and O–H groups in total. The second-order valence-corrected chi connectivity index (χ2v) is 7.09. The van der Waals surface area contributed by atoms with Crippen LogP contribution in [0.3, 0.4) is 0 Å². The van der Waals surface area contributed by atoms with Crippen molar-refractivity contribution in [3.05, 3.63) is 55.0 Å². The lowest BCUT2D eigenvalue weighted by molar-refractivity contribution is 0.0540. The third kappa shape index (κ3) is 4.11. The van der Waals surface area contributed by atoms with Gasteiger partial charge in [-0.25, -0.2) is 4.79 Å². The van der Waals surface area contributed by atoms with Crippen molar-refractivity contribution in [2.75, 3.05) is 7.11 Å². The molecule has 0 aliphatic heterocycles. The lowest BCUT2D eigenvalue weighted by atomic mass is 10.0. The zero-order valence-electron chi connectivity index (χ0n) is 15.8. The third-order valence-corrected chi connectivity index (χ3v) is 3.87. The molecule has 0 saturated carbocycles. The van der Waals surface area contributed by atoms with Crippen LogP contribution in [0.1, 0.15) is 20.8 Å². The lowest BCUT2D eigenvalue weighted by Gasteiger charge is -2.20. The van der Waals surface area contributed by atoms with Gasteiger partial charge in [-0.2, -0.15) is 0 Å². The highest BCUT2D eigenvalue weighted by Crippen LogP contribution is 2.34. The molecule has 0 fully saturated rings. The number of hydrogen-bond acceptors (Lipinski definition) is 5. The second kappa shape index (κ2) is 7.15. The molecule has 27 heavy (non-hydrogen) atoms. The summed E-state index contributed by atoms with van der Waals surface area (Å²) in [4.78, 5) is 16.8. The lowest BCUT2D eigenvalue weighted by Crippen LogP contribution is -2.27. The molecule has 0 unspecified atom stereocenters. The summed E-state index contributed by atoms with van der Waals surface area (Å²) in [5.74, 6) is 0.752. The van der Waals surface area contributed by atoms with Crippen molar-refractivity contribution >= 4 is 6.09 Å². The van der Waals surface area contributed by atoms with Gasteiger partial charge in [-0.1, -0.05) is 0 Å². The number of phenols is 1. The molecule has 140 valence electrons. The van der Waals surface area contributed by atoms with Gasteiger partial charge in [0.1, 0.15) is 17.1 Å². The van der Waals surface area contributed by atoms with Crippen molar-refractivity contribution in [1.29, 1.82) is 0 Å². The van der Waals surface area contributed by atoms with Crippen LogP contribution in [0.4, 0.5) is 4.79 Å². The van der Waals surface area contributed by atoms with Crippen molar-refractivity contribution in [3.63, 3.8) is 0 Å². The Hall–Kier alpha value is -3.28. The van der Waals surface area contributed by atoms with Crippen LogP contribution in [-0.2, 0) is 4.74 Å². The first kappa shape index (κ1) is 18.5. The minimum atomic E-state index is -0.590. The fourth-order valence-corrected chi connectivity index (χ4v) is 2.74. The summed E-state index contributed by atoms with van der Waals surface area (Å²) in [7, 11) is 1.57. The fourth-order valence-electron chi connectivity index (χ4n) is 2.74. The van der Waals surface area contributed by atoms with Gasteiger partial charge in [-0.15, -0.1) is 0 Å². The number of hydrogen-bond donors (Lipinski definition) is 1. The number of methoxy groups -OCH3 is 1. The van der Waals surface area contributed by atoms with Crippen molar-refractivity contribution < 1.29 is 19.4 Å². The molecule has 1 aromatic carbocycles. The Morgan fingerprint density at radius 3 is 2.56 bits per heavy atom. The average Bonchev–Trinajstić information content (AvgIpc) is 3.10. The SMILES string of the molecule is COc1ccc(O)cc1-c1cncc(-c2cccn2C(=O)OC(C)(C)C)c1. The van der Waals surface area contributed by atoms with Crippen LogP contribution in [0.15, 0.2) is 55.0 Å². The highest BCUT2D eigenvalue weighted by molar-refractivity contribution is 5.81. The molecule has 0 bridgehead atoms. The standard InChI is InChI=1S/C21H22N2O4/c1-21(2,3)27-20(25)23-9-5-6-18(23)15-10-14(12-22-13-15)17-11-16(24)7-8-19(17)26-4/h5-13,24H,1-4H3. The van der Waals surface area contributed by atoms with E-state index in [4.69, 9.17) is 9.47 Å². The van der Waals surface area contributed by atoms with Crippen LogP contribution < -0.4 is 4.74 Å². The Morgan fingerprint density at radius 2 is 1.85 bits per heavy atom. The molecule has 0 saturated heterocycles. The van der Waals surface area contributed by atoms with Crippen LogP contribution in [0.25, 0.3) is 22.4 Å². The summed E-state index contributed by atoms with van der Waals surface area (Å²) in [6.07, 6.45) is 4.56. The maximum absolute atomic E-state index is 12.5. The van der Waals surface area contributed by atoms with Crippen LogP contribution in [-0.4, -0.2) is 33.5 Å². The van der Waals surface area contributed by atoms with Gasteiger partial charge in [-0.05, 0) is 57.2 Å². The number of phenolic OH excluding ortho intramolecular Hbond substituents is 1. The molecule has 0 atom stereocenters. The molecular weight excluding hydrogens is 344 g/mol. The van der Waals surface area contributed by atoms with E-state index in [9.17, 15) is 9.90 Å². The van der Waals surface area contributed by atoms with Gasteiger partial charge >= 0.3 is 6.09 Å². The van der Waals surface area contributed by atoms with E-state index in [-0.39, 0.29) is 5.75 Å². The molecule has 0 amide bonds. The highest BCUT2D eigenvalue weighted by Gasteiger charge is 2.20. The molecule has 6 nitrogen and oxygen atoms in total. The van der Waals surface area contributed by atoms with E-state index in [0.717, 1.165) is 11.1 Å². The van der Waals surface area contributed by atoms with Crippen molar-refractivity contribution in [1.82, 2.24) is 9.55 Å². The number of carbonyl (C=O) groups excluding carboxylic acids is 1. The van der Waals surface area contributed by atoms with Gasteiger partial charge in [0.25, 0.3) is 0 Å². The molecular formula is C21H22N2O4. The molecule has 0 aliphatic rings. The van der Waals surface area contributed by atoms with Gasteiger partial charge in [0.05, 0.1) is 12.8 Å². The Morgan fingerprint density at radius 1 is 1.11 bits per heavy atom. The van der Waals surface area contributed by atoms with E-state index in [1.54, 1.807) is 50.0 Å². The van der Waals surface area contributed by atoms with E-state index in [0.29, 0.717) is 17.0 Å². The van der Waals surface area contributed by atoms with Gasteiger partial charge < -0.3 is 14.6 Å². The van der Waals surface area contributed by atoms with Crippen molar-refractivity contribution in [3.8, 4) is 33.9 Å². The minimum absolute atomic E-state index is 0.133. The highest BCUT2D eigenvalue weighted by atomic mass is 16.6.